The molecular formula is C25H26ClFN4O4. The zero-order valence-corrected chi connectivity index (χ0v) is 20.1. The maximum absolute atomic E-state index is 12.8. The lowest BCUT2D eigenvalue weighted by atomic mass is 10.1. The summed E-state index contributed by atoms with van der Waals surface area (Å²) in [4.78, 5) is 41.9. The minimum Gasteiger partial charge on any atom is -0.480 e. The summed E-state index contributed by atoms with van der Waals surface area (Å²) in [5.41, 5.74) is 7.73. The van der Waals surface area contributed by atoms with Gasteiger partial charge >= 0.3 is 5.97 Å². The molecule has 3 atom stereocenters. The van der Waals surface area contributed by atoms with E-state index in [9.17, 15) is 23.9 Å². The maximum atomic E-state index is 12.8. The van der Waals surface area contributed by atoms with Crippen molar-refractivity contribution >= 4 is 40.2 Å². The van der Waals surface area contributed by atoms with E-state index in [-0.39, 0.29) is 35.8 Å². The van der Waals surface area contributed by atoms with Gasteiger partial charge < -0.3 is 20.3 Å². The number of aromatic nitrogens is 2. The van der Waals surface area contributed by atoms with Gasteiger partial charge in [0.15, 0.2) is 5.78 Å². The number of hydrogen-bond acceptors (Lipinski definition) is 5. The van der Waals surface area contributed by atoms with Gasteiger partial charge in [0, 0.05) is 41.0 Å². The highest BCUT2D eigenvalue weighted by Crippen LogP contribution is 2.48. The van der Waals surface area contributed by atoms with Crippen molar-refractivity contribution in [1.82, 2.24) is 14.5 Å². The highest BCUT2D eigenvalue weighted by Gasteiger charge is 2.56. The smallest absolute Gasteiger partial charge is 0.326 e. The van der Waals surface area contributed by atoms with Crippen molar-refractivity contribution in [2.24, 2.45) is 11.7 Å². The summed E-state index contributed by atoms with van der Waals surface area (Å²) in [5, 5.41) is 10.3. The number of Topliss-reactive ketones (excluding diaryl/α,β-unsaturated/α-hetero) is 1. The summed E-state index contributed by atoms with van der Waals surface area (Å²) in [6.07, 6.45) is 4.75. The van der Waals surface area contributed by atoms with Crippen molar-refractivity contribution in [2.75, 3.05) is 0 Å². The summed E-state index contributed by atoms with van der Waals surface area (Å²) < 4.78 is 14.5. The number of halogens is 2. The van der Waals surface area contributed by atoms with Gasteiger partial charge in [-0.05, 0) is 44.7 Å². The fourth-order valence-corrected chi connectivity index (χ4v) is 4.87. The normalized spacial score (nSPS) is 20.3. The molecule has 1 saturated carbocycles. The maximum Gasteiger partial charge on any atom is 0.326 e. The predicted molar refractivity (Wildman–Crippen MR) is 129 cm³/mol. The minimum atomic E-state index is -0.945. The molecule has 0 bridgehead atoms. The standard InChI is InChI=1S/C18H19N3O4.C7H7ClFN/c1-9-3-12-13(10(2)22)7-20(16(12)6-19-9)8-17(23)21-14-4-11(14)5-15(21)18(24)25;8-6-3-1-2-5(4-10)7(6)9/h3,6-7,11,14-15H,4-5,8H2,1-2H3,(H,24,25);1-3H,4,10H2/t11-,14-,15+;/m1./s1. The first-order chi connectivity index (χ1) is 16.6. The van der Waals surface area contributed by atoms with Gasteiger partial charge in [0.05, 0.1) is 16.7 Å². The Morgan fingerprint density at radius 2 is 2.03 bits per heavy atom. The number of likely N-dealkylation sites (tertiary alicyclic amines) is 1. The van der Waals surface area contributed by atoms with Gasteiger partial charge in [0.2, 0.25) is 5.91 Å². The van der Waals surface area contributed by atoms with E-state index in [1.54, 1.807) is 29.1 Å². The van der Waals surface area contributed by atoms with Gasteiger partial charge in [-0.3, -0.25) is 14.6 Å². The molecule has 0 unspecified atom stereocenters. The van der Waals surface area contributed by atoms with E-state index in [0.717, 1.165) is 17.5 Å². The number of carboxylic acids is 1. The number of carbonyl (C=O) groups is 3. The van der Waals surface area contributed by atoms with E-state index in [1.807, 2.05) is 13.0 Å². The molecule has 2 fully saturated rings. The molecule has 1 saturated heterocycles. The summed E-state index contributed by atoms with van der Waals surface area (Å²) >= 11 is 5.46. The van der Waals surface area contributed by atoms with Crippen LogP contribution in [0.1, 0.15) is 41.4 Å². The number of aryl methyl sites for hydroxylation is 1. The fourth-order valence-electron chi connectivity index (χ4n) is 4.67. The van der Waals surface area contributed by atoms with Gasteiger partial charge in [-0.15, -0.1) is 0 Å². The van der Waals surface area contributed by atoms with E-state index < -0.39 is 17.8 Å². The number of pyridine rings is 1. The van der Waals surface area contributed by atoms with Crippen LogP contribution in [-0.4, -0.2) is 49.3 Å². The Hall–Kier alpha value is -3.30. The third-order valence-corrected chi connectivity index (χ3v) is 6.81. The van der Waals surface area contributed by atoms with Crippen LogP contribution in [0.25, 0.3) is 10.9 Å². The molecule has 5 rings (SSSR count). The van der Waals surface area contributed by atoms with Crippen molar-refractivity contribution in [2.45, 2.75) is 51.9 Å². The second-order valence-corrected chi connectivity index (χ2v) is 9.35. The van der Waals surface area contributed by atoms with Crippen molar-refractivity contribution < 1.29 is 23.9 Å². The first kappa shape index (κ1) is 24.8. The lowest BCUT2D eigenvalue weighted by molar-refractivity contribution is -0.149. The molecule has 2 aromatic heterocycles. The van der Waals surface area contributed by atoms with Gasteiger partial charge in [-0.25, -0.2) is 9.18 Å². The monoisotopic (exact) mass is 500 g/mol. The van der Waals surface area contributed by atoms with Gasteiger partial charge in [0.25, 0.3) is 0 Å². The van der Waals surface area contributed by atoms with Gasteiger partial charge in [0.1, 0.15) is 18.4 Å². The third kappa shape index (κ3) is 4.92. The Kier molecular flexibility index (Phi) is 6.91. The molecule has 1 aromatic carbocycles. The van der Waals surface area contributed by atoms with Crippen molar-refractivity contribution in [3.05, 3.63) is 64.3 Å². The lowest BCUT2D eigenvalue weighted by Gasteiger charge is -2.24. The van der Waals surface area contributed by atoms with Gasteiger partial charge in [-0.1, -0.05) is 23.7 Å². The Labute approximate surface area is 206 Å². The summed E-state index contributed by atoms with van der Waals surface area (Å²) in [5.74, 6) is -1.33. The number of piperidine rings is 1. The highest BCUT2D eigenvalue weighted by atomic mass is 35.5. The molecule has 184 valence electrons. The Bertz CT molecular complexity index is 1320. The van der Waals surface area contributed by atoms with E-state index in [0.29, 0.717) is 29.0 Å². The number of benzene rings is 1. The molecule has 0 spiro atoms. The first-order valence-electron chi connectivity index (χ1n) is 11.3. The number of amides is 1. The average Bonchev–Trinajstić information content (AvgIpc) is 3.32. The van der Waals surface area contributed by atoms with E-state index in [1.165, 1.54) is 17.9 Å². The number of fused-ring (bicyclic) bond motifs is 2. The molecule has 1 amide bonds. The summed E-state index contributed by atoms with van der Waals surface area (Å²) in [6.45, 7) is 3.54. The van der Waals surface area contributed by atoms with Crippen LogP contribution in [0.3, 0.4) is 0 Å². The van der Waals surface area contributed by atoms with Crippen LogP contribution >= 0.6 is 11.6 Å². The van der Waals surface area contributed by atoms with Gasteiger partial charge in [-0.2, -0.15) is 0 Å². The van der Waals surface area contributed by atoms with E-state index in [2.05, 4.69) is 4.98 Å². The van der Waals surface area contributed by atoms with Crippen LogP contribution in [-0.2, 0) is 22.7 Å². The number of nitrogens with zero attached hydrogens (tertiary/aromatic N) is 3. The number of hydrogen-bond donors (Lipinski definition) is 2. The molecule has 35 heavy (non-hydrogen) atoms. The fraction of sp³-hybridized carbons (Fsp3) is 0.360. The SMILES string of the molecule is CC(=O)c1cn(CC(=O)N2[C@@H]3C[C@@H]3C[C@H]2C(=O)O)c2cnc(C)cc12.NCc1cccc(Cl)c1F. The number of carbonyl (C=O) groups excluding carboxylic acids is 2. The van der Waals surface area contributed by atoms with Crippen LogP contribution < -0.4 is 5.73 Å². The number of nitrogens with two attached hydrogens (primary N) is 1. The van der Waals surface area contributed by atoms with Crippen LogP contribution in [0.4, 0.5) is 4.39 Å². The quantitative estimate of drug-likeness (QED) is 0.517. The largest absolute Gasteiger partial charge is 0.480 e. The highest BCUT2D eigenvalue weighted by molar-refractivity contribution is 6.30. The minimum absolute atomic E-state index is 0.0154. The van der Waals surface area contributed by atoms with E-state index >= 15 is 0 Å². The van der Waals surface area contributed by atoms with E-state index in [4.69, 9.17) is 17.3 Å². The number of ketones is 1. The molecule has 2 aliphatic rings. The molecule has 1 aliphatic carbocycles. The van der Waals surface area contributed by atoms with Crippen molar-refractivity contribution in [3.8, 4) is 0 Å². The Morgan fingerprint density at radius 1 is 1.29 bits per heavy atom. The van der Waals surface area contributed by atoms with Crippen LogP contribution in [0.2, 0.25) is 5.02 Å². The summed E-state index contributed by atoms with van der Waals surface area (Å²) in [7, 11) is 0. The average molecular weight is 501 g/mol. The van der Waals surface area contributed by atoms with Crippen molar-refractivity contribution in [1.29, 1.82) is 0 Å². The Morgan fingerprint density at radius 3 is 2.66 bits per heavy atom. The molecule has 3 N–H and O–H groups in total. The molecule has 1 aliphatic heterocycles. The van der Waals surface area contributed by atoms with Crippen molar-refractivity contribution in [3.63, 3.8) is 0 Å². The lowest BCUT2D eigenvalue weighted by Crippen LogP contribution is -2.44. The Balaban J connectivity index is 0.000000243. The number of rotatable bonds is 5. The first-order valence-corrected chi connectivity index (χ1v) is 11.6. The molecule has 3 heterocycles. The zero-order chi connectivity index (χ0) is 25.4. The molecule has 10 heteroatoms. The number of carboxylic acid groups (broad SMARTS) is 1. The third-order valence-electron chi connectivity index (χ3n) is 6.52. The topological polar surface area (TPSA) is 119 Å². The molecule has 3 aromatic rings. The second kappa shape index (κ2) is 9.75. The molecule has 0 radical (unpaired) electrons. The van der Waals surface area contributed by atoms with Crippen LogP contribution in [0.5, 0.6) is 0 Å². The zero-order valence-electron chi connectivity index (χ0n) is 19.4. The molecule has 8 nitrogen and oxygen atoms in total. The second-order valence-electron chi connectivity index (χ2n) is 8.94. The molecular weight excluding hydrogens is 475 g/mol. The predicted octanol–water partition coefficient (Wildman–Crippen LogP) is 3.56. The van der Waals surface area contributed by atoms with Crippen LogP contribution in [0.15, 0.2) is 36.7 Å². The van der Waals surface area contributed by atoms with Crippen LogP contribution in [0, 0.1) is 18.7 Å². The summed E-state index contributed by atoms with van der Waals surface area (Å²) in [6, 6.07) is 5.94. The number of aliphatic carboxylic acids is 1.